The predicted octanol–water partition coefficient (Wildman–Crippen LogP) is 5.21. The lowest BCUT2D eigenvalue weighted by Gasteiger charge is -2.41. The molecule has 0 saturated carbocycles. The molecule has 4 nitrogen and oxygen atoms in total. The Balaban J connectivity index is 6.74. The highest BCUT2D eigenvalue weighted by atomic mass is 35.5. The van der Waals surface area contributed by atoms with E-state index < -0.39 is 53.6 Å². The van der Waals surface area contributed by atoms with Gasteiger partial charge in [-0.1, -0.05) is 0 Å². The summed E-state index contributed by atoms with van der Waals surface area (Å²) in [4.78, 5) is 9.86. The molecule has 0 radical (unpaired) electrons. The number of carboxylic acid groups (broad SMARTS) is 1. The number of hydrogen-bond donors (Lipinski definition) is 1. The second kappa shape index (κ2) is 7.31. The number of carboxylic acids is 1. The third kappa shape index (κ3) is 4.58. The topological polar surface area (TPSA) is 55.8 Å². The van der Waals surface area contributed by atoms with Crippen molar-refractivity contribution in [3.05, 3.63) is 0 Å². The summed E-state index contributed by atoms with van der Waals surface area (Å²) >= 11 is 3.41. The maximum absolute atomic E-state index is 13.6. The lowest BCUT2D eigenvalue weighted by atomic mass is 10.0. The molecule has 0 aromatic heterocycles. The molecule has 1 N–H and O–H groups in total. The van der Waals surface area contributed by atoms with Gasteiger partial charge in [0.25, 0.3) is 0 Å². The molecule has 180 valence electrons. The molecule has 0 spiro atoms. The number of aliphatic carboxylic acids is 1. The molecule has 0 aliphatic carbocycles. The van der Waals surface area contributed by atoms with Gasteiger partial charge in [0.15, 0.2) is 0 Å². The molecule has 2 atom stereocenters. The zero-order valence-electron chi connectivity index (χ0n) is 12.6. The summed E-state index contributed by atoms with van der Waals surface area (Å²) in [6, 6.07) is 0. The summed E-state index contributed by atoms with van der Waals surface area (Å²) in [5, 5.41) is 0.683. The van der Waals surface area contributed by atoms with Crippen molar-refractivity contribution < 1.29 is 89.6 Å². The van der Waals surface area contributed by atoms with Crippen LogP contribution in [-0.2, 0) is 14.3 Å². The zero-order valence-corrected chi connectivity index (χ0v) is 13.4. The Morgan fingerprint density at radius 3 is 1.23 bits per heavy atom. The molecule has 0 amide bonds. The second-order valence-corrected chi connectivity index (χ2v) is 5.28. The number of alkyl halides is 17. The van der Waals surface area contributed by atoms with Gasteiger partial charge in [-0.3, -0.25) is 4.74 Å². The molecule has 0 bridgehead atoms. The molecule has 0 aliphatic heterocycles. The number of halogens is 17. The number of ether oxygens (including phenoxy) is 2. The van der Waals surface area contributed by atoms with Gasteiger partial charge in [-0.15, -0.1) is 0 Å². The normalized spacial score (nSPS) is 19.2. The van der Waals surface area contributed by atoms with Crippen LogP contribution in [0.25, 0.3) is 0 Å². The van der Waals surface area contributed by atoms with E-state index in [-0.39, 0.29) is 0 Å². The van der Waals surface area contributed by atoms with Crippen LogP contribution in [0.4, 0.5) is 70.2 Å². The first-order chi connectivity index (χ1) is 12.6. The van der Waals surface area contributed by atoms with Crippen LogP contribution < -0.4 is 0 Å². The molecule has 0 fully saturated rings. The van der Waals surface area contributed by atoms with E-state index >= 15 is 0 Å². The Morgan fingerprint density at radius 2 is 1.00 bits per heavy atom. The standard InChI is InChI=1S/C9HClF16O4/c10-5(15,16)3(13,6(17,18)19)8(23,24)30-4(14,7(20,21)22)9(25,26)29-2(11,12)1(27)28/h(H,27,28). The lowest BCUT2D eigenvalue weighted by molar-refractivity contribution is -0.543. The molecule has 21 heteroatoms. The molecule has 30 heavy (non-hydrogen) atoms. The average molecular weight is 513 g/mol. The third-order valence-electron chi connectivity index (χ3n) is 2.70. The predicted molar refractivity (Wildman–Crippen MR) is 55.2 cm³/mol. The maximum Gasteiger partial charge on any atom is 0.460 e. The quantitative estimate of drug-likeness (QED) is 0.358. The highest BCUT2D eigenvalue weighted by Crippen LogP contribution is 2.60. The summed E-state index contributed by atoms with van der Waals surface area (Å²) in [7, 11) is 0. The number of carbonyl (C=O) groups is 1. The van der Waals surface area contributed by atoms with E-state index in [0.717, 1.165) is 0 Å². The van der Waals surface area contributed by atoms with Crippen LogP contribution in [0.15, 0.2) is 0 Å². The van der Waals surface area contributed by atoms with Crippen molar-refractivity contribution in [2.24, 2.45) is 0 Å². The minimum atomic E-state index is -8.04. The summed E-state index contributed by atoms with van der Waals surface area (Å²) in [6.07, 6.45) is -38.0. The van der Waals surface area contributed by atoms with E-state index in [1.807, 2.05) is 0 Å². The Labute approximate surface area is 156 Å². The van der Waals surface area contributed by atoms with Gasteiger partial charge in [0.05, 0.1) is 0 Å². The van der Waals surface area contributed by atoms with E-state index in [4.69, 9.17) is 5.11 Å². The van der Waals surface area contributed by atoms with E-state index in [1.165, 1.54) is 4.74 Å². The Bertz CT molecular complexity index is 637. The fraction of sp³-hybridized carbons (Fsp3) is 0.889. The van der Waals surface area contributed by atoms with Gasteiger partial charge in [0.1, 0.15) is 0 Å². The molecule has 0 aromatic carbocycles. The molecular formula is C9HClF16O4. The SMILES string of the molecule is O=C(O)C(F)(F)OC(F)(F)C(F)(OC(F)(F)C(F)(C(F)(F)F)C(F)(F)Cl)C(F)(F)F. The second-order valence-electron chi connectivity index (χ2n) is 4.81. The molecule has 0 heterocycles. The molecule has 0 saturated heterocycles. The third-order valence-corrected chi connectivity index (χ3v) is 2.96. The van der Waals surface area contributed by atoms with Gasteiger partial charge in [-0.2, -0.15) is 65.9 Å². The monoisotopic (exact) mass is 512 g/mol. The summed E-state index contributed by atoms with van der Waals surface area (Å²) in [5.74, 6) is -11.9. The molecular weight excluding hydrogens is 512 g/mol. The molecule has 0 aromatic rings. The van der Waals surface area contributed by atoms with Gasteiger partial charge in [-0.05, 0) is 11.6 Å². The average Bonchev–Trinajstić information content (AvgIpc) is 2.40. The van der Waals surface area contributed by atoms with Crippen LogP contribution in [0.3, 0.4) is 0 Å². The van der Waals surface area contributed by atoms with Crippen LogP contribution >= 0.6 is 11.6 Å². The number of rotatable bonds is 8. The Kier molecular flexibility index (Phi) is 6.96. The van der Waals surface area contributed by atoms with E-state index in [1.54, 1.807) is 4.74 Å². The van der Waals surface area contributed by atoms with Gasteiger partial charge in [0, 0.05) is 0 Å². The molecule has 2 unspecified atom stereocenters. The fourth-order valence-corrected chi connectivity index (χ4v) is 1.51. The first kappa shape index (κ1) is 28.6. The van der Waals surface area contributed by atoms with Crippen molar-refractivity contribution in [1.29, 1.82) is 0 Å². The van der Waals surface area contributed by atoms with Crippen molar-refractivity contribution >= 4 is 17.6 Å². The van der Waals surface area contributed by atoms with Crippen LogP contribution in [0.2, 0.25) is 0 Å². The van der Waals surface area contributed by atoms with Gasteiger partial charge >= 0.3 is 53.6 Å². The fourth-order valence-electron chi connectivity index (χ4n) is 1.29. The first-order valence-electron chi connectivity index (χ1n) is 5.96. The largest absolute Gasteiger partial charge is 0.475 e. The van der Waals surface area contributed by atoms with Gasteiger partial charge in [-0.25, -0.2) is 13.9 Å². The van der Waals surface area contributed by atoms with Crippen LogP contribution in [0.5, 0.6) is 0 Å². The van der Waals surface area contributed by atoms with Crippen molar-refractivity contribution in [2.75, 3.05) is 0 Å². The summed E-state index contributed by atoms with van der Waals surface area (Å²) in [6.45, 7) is 0. The van der Waals surface area contributed by atoms with Crippen molar-refractivity contribution in [2.45, 2.75) is 47.6 Å². The van der Waals surface area contributed by atoms with E-state index in [0.29, 0.717) is 0 Å². The van der Waals surface area contributed by atoms with E-state index in [9.17, 15) is 75.0 Å². The van der Waals surface area contributed by atoms with Crippen LogP contribution in [0.1, 0.15) is 0 Å². The van der Waals surface area contributed by atoms with Crippen molar-refractivity contribution in [3.63, 3.8) is 0 Å². The van der Waals surface area contributed by atoms with Gasteiger partial charge < -0.3 is 5.11 Å². The van der Waals surface area contributed by atoms with Crippen LogP contribution in [-0.4, -0.2) is 58.7 Å². The smallest absolute Gasteiger partial charge is 0.460 e. The molecule has 0 aliphatic rings. The highest BCUT2D eigenvalue weighted by Gasteiger charge is 2.89. The lowest BCUT2D eigenvalue weighted by Crippen LogP contribution is -2.70. The van der Waals surface area contributed by atoms with Crippen molar-refractivity contribution in [1.82, 2.24) is 0 Å². The Morgan fingerprint density at radius 1 is 0.633 bits per heavy atom. The molecule has 0 rings (SSSR count). The Hall–Kier alpha value is -1.44. The first-order valence-corrected chi connectivity index (χ1v) is 6.33. The summed E-state index contributed by atoms with van der Waals surface area (Å²) < 4.78 is 208. The number of hydrogen-bond acceptors (Lipinski definition) is 3. The van der Waals surface area contributed by atoms with Crippen LogP contribution in [0, 0.1) is 0 Å². The van der Waals surface area contributed by atoms with E-state index in [2.05, 4.69) is 11.6 Å². The highest BCUT2D eigenvalue weighted by molar-refractivity contribution is 6.22. The minimum Gasteiger partial charge on any atom is -0.475 e. The van der Waals surface area contributed by atoms with Gasteiger partial charge in [0.2, 0.25) is 0 Å². The minimum absolute atomic E-state index is 1.31. The maximum atomic E-state index is 13.6. The summed E-state index contributed by atoms with van der Waals surface area (Å²) in [5.41, 5.74) is -7.87. The van der Waals surface area contributed by atoms with Crippen molar-refractivity contribution in [3.8, 4) is 0 Å². The zero-order chi connectivity index (χ0) is 25.0.